The van der Waals surface area contributed by atoms with E-state index >= 15 is 0 Å². The first-order valence-corrected chi connectivity index (χ1v) is 7.19. The van der Waals surface area contributed by atoms with E-state index in [0.29, 0.717) is 5.56 Å². The molecule has 1 amide bonds. The molecule has 4 nitrogen and oxygen atoms in total. The Balaban J connectivity index is 1.87. The van der Waals surface area contributed by atoms with Crippen LogP contribution in [0.4, 0.5) is 5.69 Å². The second-order valence-corrected chi connectivity index (χ2v) is 5.68. The molecule has 0 atom stereocenters. The molecule has 4 N–H and O–H groups in total. The van der Waals surface area contributed by atoms with E-state index in [9.17, 15) is 4.79 Å². The second kappa shape index (κ2) is 5.38. The fourth-order valence-corrected chi connectivity index (χ4v) is 3.00. The number of amides is 1. The maximum atomic E-state index is 12.1. The van der Waals surface area contributed by atoms with Gasteiger partial charge >= 0.3 is 0 Å². The van der Waals surface area contributed by atoms with E-state index in [1.807, 2.05) is 42.5 Å². The van der Waals surface area contributed by atoms with Crippen molar-refractivity contribution in [3.63, 3.8) is 0 Å². The quantitative estimate of drug-likeness (QED) is 0.511. The molecule has 0 radical (unpaired) electrons. The van der Waals surface area contributed by atoms with Crippen LogP contribution in [0.25, 0.3) is 10.1 Å². The second-order valence-electron chi connectivity index (χ2n) is 4.60. The largest absolute Gasteiger partial charge is 0.383 e. The third-order valence-electron chi connectivity index (χ3n) is 3.08. The number of nitrogens with one attached hydrogen (secondary N) is 2. The van der Waals surface area contributed by atoms with Gasteiger partial charge in [0.25, 0.3) is 5.91 Å². The van der Waals surface area contributed by atoms with Crippen molar-refractivity contribution in [1.29, 1.82) is 5.41 Å². The summed E-state index contributed by atoms with van der Waals surface area (Å²) in [5, 5.41) is 11.4. The Kier molecular flexibility index (Phi) is 3.41. The van der Waals surface area contributed by atoms with Gasteiger partial charge in [0.2, 0.25) is 0 Å². The first kappa shape index (κ1) is 13.3. The van der Waals surface area contributed by atoms with Crippen molar-refractivity contribution in [2.45, 2.75) is 0 Å². The van der Waals surface area contributed by atoms with E-state index in [-0.39, 0.29) is 11.7 Å². The number of benzene rings is 2. The summed E-state index contributed by atoms with van der Waals surface area (Å²) in [5.41, 5.74) is 6.84. The van der Waals surface area contributed by atoms with Crippen LogP contribution in [-0.2, 0) is 0 Å². The summed E-state index contributed by atoms with van der Waals surface area (Å²) >= 11 is 1.44. The van der Waals surface area contributed by atoms with E-state index in [4.69, 9.17) is 11.1 Å². The summed E-state index contributed by atoms with van der Waals surface area (Å²) in [5.74, 6) is -0.0793. The van der Waals surface area contributed by atoms with Crippen molar-refractivity contribution >= 4 is 38.9 Å². The lowest BCUT2D eigenvalue weighted by atomic mass is 10.2. The van der Waals surface area contributed by atoms with Gasteiger partial charge in [0.05, 0.1) is 4.88 Å². The predicted octanol–water partition coefficient (Wildman–Crippen LogP) is 3.44. The number of hydrogen-bond donors (Lipinski definition) is 3. The molecule has 21 heavy (non-hydrogen) atoms. The van der Waals surface area contributed by atoms with Gasteiger partial charge in [0.1, 0.15) is 5.84 Å². The Hall–Kier alpha value is -2.66. The SMILES string of the molecule is N=C(N)c1cc2ccc(NC(=O)c3ccccc3)cc2s1. The lowest BCUT2D eigenvalue weighted by molar-refractivity contribution is 0.102. The van der Waals surface area contributed by atoms with Crippen LogP contribution in [0, 0.1) is 5.41 Å². The predicted molar refractivity (Wildman–Crippen MR) is 87.2 cm³/mol. The summed E-state index contributed by atoms with van der Waals surface area (Å²) in [7, 11) is 0. The van der Waals surface area contributed by atoms with Crippen molar-refractivity contribution in [3.05, 3.63) is 65.0 Å². The molecule has 0 spiro atoms. The Morgan fingerprint density at radius 3 is 2.57 bits per heavy atom. The molecule has 0 aliphatic heterocycles. The van der Waals surface area contributed by atoms with Crippen molar-refractivity contribution in [2.75, 3.05) is 5.32 Å². The summed E-state index contributed by atoms with van der Waals surface area (Å²) in [4.78, 5) is 12.8. The van der Waals surface area contributed by atoms with Crippen LogP contribution in [-0.4, -0.2) is 11.7 Å². The van der Waals surface area contributed by atoms with Gasteiger partial charge < -0.3 is 11.1 Å². The topological polar surface area (TPSA) is 79.0 Å². The monoisotopic (exact) mass is 295 g/mol. The minimum atomic E-state index is -0.140. The van der Waals surface area contributed by atoms with E-state index in [1.165, 1.54) is 11.3 Å². The molecule has 0 saturated heterocycles. The number of thiophene rings is 1. The van der Waals surface area contributed by atoms with Gasteiger partial charge in [-0.05, 0) is 35.7 Å². The highest BCUT2D eigenvalue weighted by Crippen LogP contribution is 2.28. The van der Waals surface area contributed by atoms with Gasteiger partial charge in [0.15, 0.2) is 0 Å². The van der Waals surface area contributed by atoms with Crippen molar-refractivity contribution in [1.82, 2.24) is 0 Å². The van der Waals surface area contributed by atoms with E-state index in [2.05, 4.69) is 5.32 Å². The van der Waals surface area contributed by atoms with Crippen molar-refractivity contribution in [3.8, 4) is 0 Å². The molecular weight excluding hydrogens is 282 g/mol. The van der Waals surface area contributed by atoms with Crippen molar-refractivity contribution in [2.24, 2.45) is 5.73 Å². The first-order valence-electron chi connectivity index (χ1n) is 6.38. The normalized spacial score (nSPS) is 10.5. The van der Waals surface area contributed by atoms with Gasteiger partial charge in [-0.1, -0.05) is 24.3 Å². The molecule has 3 aromatic rings. The Morgan fingerprint density at radius 2 is 1.86 bits per heavy atom. The lowest BCUT2D eigenvalue weighted by Gasteiger charge is -2.05. The standard InChI is InChI=1S/C16H13N3OS/c17-15(18)14-8-11-6-7-12(9-13(11)21-14)19-16(20)10-4-2-1-3-5-10/h1-9H,(H3,17,18)(H,19,20). The Labute approximate surface area is 125 Å². The molecule has 5 heteroatoms. The molecule has 0 saturated carbocycles. The summed E-state index contributed by atoms with van der Waals surface area (Å²) in [6.45, 7) is 0. The molecule has 0 bridgehead atoms. The van der Waals surface area contributed by atoms with Gasteiger partial charge in [-0.15, -0.1) is 11.3 Å². The zero-order chi connectivity index (χ0) is 14.8. The third kappa shape index (κ3) is 2.78. The minimum Gasteiger partial charge on any atom is -0.383 e. The number of fused-ring (bicyclic) bond motifs is 1. The maximum Gasteiger partial charge on any atom is 0.255 e. The van der Waals surface area contributed by atoms with Crippen LogP contribution in [0.2, 0.25) is 0 Å². The van der Waals surface area contributed by atoms with E-state index in [1.54, 1.807) is 12.1 Å². The zero-order valence-electron chi connectivity index (χ0n) is 11.1. The highest BCUT2D eigenvalue weighted by Gasteiger charge is 2.08. The molecule has 1 aromatic heterocycles. The minimum absolute atomic E-state index is 0.0612. The smallest absolute Gasteiger partial charge is 0.255 e. The zero-order valence-corrected chi connectivity index (χ0v) is 11.9. The summed E-state index contributed by atoms with van der Waals surface area (Å²) in [6.07, 6.45) is 0. The number of hydrogen-bond acceptors (Lipinski definition) is 3. The average molecular weight is 295 g/mol. The number of rotatable bonds is 3. The molecule has 104 valence electrons. The molecular formula is C16H13N3OS. The Morgan fingerprint density at radius 1 is 1.10 bits per heavy atom. The fourth-order valence-electron chi connectivity index (χ4n) is 2.03. The molecule has 1 heterocycles. The number of nitrogens with two attached hydrogens (primary N) is 1. The third-order valence-corrected chi connectivity index (χ3v) is 4.21. The van der Waals surface area contributed by atoms with E-state index < -0.39 is 0 Å². The molecule has 0 aliphatic carbocycles. The van der Waals surface area contributed by atoms with Crippen LogP contribution >= 0.6 is 11.3 Å². The molecule has 0 unspecified atom stereocenters. The van der Waals surface area contributed by atoms with Crippen LogP contribution in [0.15, 0.2) is 54.6 Å². The van der Waals surface area contributed by atoms with Gasteiger partial charge in [0, 0.05) is 16.0 Å². The summed E-state index contributed by atoms with van der Waals surface area (Å²) < 4.78 is 0.992. The molecule has 0 aliphatic rings. The van der Waals surface area contributed by atoms with Crippen LogP contribution < -0.4 is 11.1 Å². The van der Waals surface area contributed by atoms with E-state index in [0.717, 1.165) is 20.7 Å². The molecule has 3 rings (SSSR count). The highest BCUT2D eigenvalue weighted by molar-refractivity contribution is 7.20. The fraction of sp³-hybridized carbons (Fsp3) is 0. The van der Waals surface area contributed by atoms with Gasteiger partial charge in [-0.2, -0.15) is 0 Å². The van der Waals surface area contributed by atoms with Gasteiger partial charge in [-0.3, -0.25) is 10.2 Å². The van der Waals surface area contributed by atoms with Crippen molar-refractivity contribution < 1.29 is 4.79 Å². The lowest BCUT2D eigenvalue weighted by Crippen LogP contribution is -2.11. The number of amidine groups is 1. The summed E-state index contributed by atoms with van der Waals surface area (Å²) in [6, 6.07) is 16.6. The highest BCUT2D eigenvalue weighted by atomic mass is 32.1. The van der Waals surface area contributed by atoms with Crippen LogP contribution in [0.5, 0.6) is 0 Å². The maximum absolute atomic E-state index is 12.1. The number of anilines is 1. The molecule has 2 aromatic carbocycles. The number of nitrogen functional groups attached to an aromatic ring is 1. The number of carbonyl (C=O) groups is 1. The van der Waals surface area contributed by atoms with Crippen LogP contribution in [0.3, 0.4) is 0 Å². The van der Waals surface area contributed by atoms with Crippen LogP contribution in [0.1, 0.15) is 15.2 Å². The molecule has 0 fully saturated rings. The number of carbonyl (C=O) groups excluding carboxylic acids is 1. The first-order chi connectivity index (χ1) is 10.1. The van der Waals surface area contributed by atoms with Gasteiger partial charge in [-0.25, -0.2) is 0 Å². The average Bonchev–Trinajstić information content (AvgIpc) is 2.91. The Bertz CT molecular complexity index is 824.